The zero-order chi connectivity index (χ0) is 23.8. The highest BCUT2D eigenvalue weighted by atomic mass is 32.2. The first-order valence-electron chi connectivity index (χ1n) is 10.1. The zero-order valence-corrected chi connectivity index (χ0v) is 19.0. The molecule has 0 radical (unpaired) electrons. The summed E-state index contributed by atoms with van der Waals surface area (Å²) in [6, 6.07) is 21.3. The Morgan fingerprint density at radius 2 is 1.64 bits per heavy atom. The van der Waals surface area contributed by atoms with Gasteiger partial charge in [-0.3, -0.25) is 4.79 Å². The summed E-state index contributed by atoms with van der Waals surface area (Å²) >= 11 is 0. The molecule has 1 atom stereocenters. The van der Waals surface area contributed by atoms with Gasteiger partial charge in [0.25, 0.3) is 5.91 Å². The number of hydrogen-bond donors (Lipinski definition) is 2. The second-order valence-corrected chi connectivity index (χ2v) is 8.84. The topological polar surface area (TPSA) is 111 Å². The third-order valence-electron chi connectivity index (χ3n) is 4.71. The SMILES string of the molecule is COc1ccccc1NC(=O)[C@@H](C)OC(=O)c1cccc(S(=O)(=O)NCc2ccccc2)c1. The van der Waals surface area contributed by atoms with Crippen LogP contribution in [0, 0.1) is 0 Å². The van der Waals surface area contributed by atoms with Crippen molar-refractivity contribution in [3.63, 3.8) is 0 Å². The normalized spacial score (nSPS) is 11.9. The van der Waals surface area contributed by atoms with E-state index in [1.165, 1.54) is 38.3 Å². The van der Waals surface area contributed by atoms with Gasteiger partial charge < -0.3 is 14.8 Å². The summed E-state index contributed by atoms with van der Waals surface area (Å²) in [4.78, 5) is 24.9. The largest absolute Gasteiger partial charge is 0.495 e. The average Bonchev–Trinajstić information content (AvgIpc) is 2.83. The van der Waals surface area contributed by atoms with E-state index in [4.69, 9.17) is 9.47 Å². The van der Waals surface area contributed by atoms with Crippen molar-refractivity contribution in [3.8, 4) is 5.75 Å². The predicted octanol–water partition coefficient (Wildman–Crippen LogP) is 3.36. The number of anilines is 1. The molecule has 3 aromatic rings. The first-order valence-corrected chi connectivity index (χ1v) is 11.6. The first-order chi connectivity index (χ1) is 15.8. The summed E-state index contributed by atoms with van der Waals surface area (Å²) in [5, 5.41) is 2.64. The highest BCUT2D eigenvalue weighted by Gasteiger charge is 2.22. The molecule has 0 aliphatic rings. The van der Waals surface area contributed by atoms with Gasteiger partial charge in [0.1, 0.15) is 5.75 Å². The lowest BCUT2D eigenvalue weighted by Crippen LogP contribution is -2.30. The molecule has 33 heavy (non-hydrogen) atoms. The van der Waals surface area contributed by atoms with Gasteiger partial charge in [0.2, 0.25) is 10.0 Å². The van der Waals surface area contributed by atoms with Crippen LogP contribution in [0.3, 0.4) is 0 Å². The number of benzene rings is 3. The van der Waals surface area contributed by atoms with Crippen LogP contribution in [0.2, 0.25) is 0 Å². The molecular weight excluding hydrogens is 444 g/mol. The van der Waals surface area contributed by atoms with Crippen LogP contribution in [0.5, 0.6) is 5.75 Å². The molecule has 0 bridgehead atoms. The minimum Gasteiger partial charge on any atom is -0.495 e. The van der Waals surface area contributed by atoms with Crippen molar-refractivity contribution < 1.29 is 27.5 Å². The number of esters is 1. The second-order valence-electron chi connectivity index (χ2n) is 7.08. The molecule has 0 fully saturated rings. The lowest BCUT2D eigenvalue weighted by Gasteiger charge is -2.15. The predicted molar refractivity (Wildman–Crippen MR) is 123 cm³/mol. The van der Waals surface area contributed by atoms with Gasteiger partial charge in [-0.25, -0.2) is 17.9 Å². The third kappa shape index (κ3) is 6.41. The van der Waals surface area contributed by atoms with Crippen LogP contribution in [-0.4, -0.2) is 33.5 Å². The lowest BCUT2D eigenvalue weighted by molar-refractivity contribution is -0.123. The van der Waals surface area contributed by atoms with Gasteiger partial charge in [0.15, 0.2) is 6.10 Å². The fourth-order valence-electron chi connectivity index (χ4n) is 2.91. The molecule has 2 N–H and O–H groups in total. The molecule has 8 nitrogen and oxygen atoms in total. The van der Waals surface area contributed by atoms with Crippen LogP contribution in [0.1, 0.15) is 22.8 Å². The van der Waals surface area contributed by atoms with E-state index in [9.17, 15) is 18.0 Å². The summed E-state index contributed by atoms with van der Waals surface area (Å²) in [5.41, 5.74) is 1.24. The number of amides is 1. The molecule has 0 aliphatic carbocycles. The molecule has 9 heteroatoms. The molecule has 0 saturated carbocycles. The van der Waals surface area contributed by atoms with Crippen molar-refractivity contribution in [2.45, 2.75) is 24.5 Å². The molecule has 1 amide bonds. The van der Waals surface area contributed by atoms with Crippen molar-refractivity contribution >= 4 is 27.6 Å². The Morgan fingerprint density at radius 1 is 0.939 bits per heavy atom. The Labute approximate surface area is 192 Å². The Kier molecular flexibility index (Phi) is 7.81. The summed E-state index contributed by atoms with van der Waals surface area (Å²) in [5.74, 6) is -0.913. The summed E-state index contributed by atoms with van der Waals surface area (Å²) in [7, 11) is -2.38. The molecular formula is C24H24N2O6S. The molecule has 0 aliphatic heterocycles. The molecule has 3 aromatic carbocycles. The average molecular weight is 469 g/mol. The first kappa shape index (κ1) is 24.0. The van der Waals surface area contributed by atoms with E-state index in [1.54, 1.807) is 36.4 Å². The number of sulfonamides is 1. The Bertz CT molecular complexity index is 1230. The van der Waals surface area contributed by atoms with Gasteiger partial charge in [-0.1, -0.05) is 48.5 Å². The van der Waals surface area contributed by atoms with Crippen LogP contribution in [-0.2, 0) is 26.1 Å². The maximum Gasteiger partial charge on any atom is 0.338 e. The second kappa shape index (κ2) is 10.8. The van der Waals surface area contributed by atoms with Gasteiger partial charge in [0.05, 0.1) is 23.3 Å². The van der Waals surface area contributed by atoms with Gasteiger partial charge in [-0.15, -0.1) is 0 Å². The van der Waals surface area contributed by atoms with Gasteiger partial charge in [-0.05, 0) is 42.8 Å². The van der Waals surface area contributed by atoms with Crippen LogP contribution in [0.25, 0.3) is 0 Å². The fraction of sp³-hybridized carbons (Fsp3) is 0.167. The van der Waals surface area contributed by atoms with E-state index in [0.717, 1.165) is 5.56 Å². The van der Waals surface area contributed by atoms with E-state index in [-0.39, 0.29) is 17.0 Å². The highest BCUT2D eigenvalue weighted by molar-refractivity contribution is 7.89. The van der Waals surface area contributed by atoms with Crippen molar-refractivity contribution in [1.82, 2.24) is 4.72 Å². The number of nitrogens with one attached hydrogen (secondary N) is 2. The number of rotatable bonds is 9. The summed E-state index contributed by atoms with van der Waals surface area (Å²) < 4.78 is 38.2. The molecule has 3 rings (SSSR count). The minimum atomic E-state index is -3.86. The number of para-hydroxylation sites is 2. The standard InChI is InChI=1S/C24H24N2O6S/c1-17(23(27)26-21-13-6-7-14-22(21)31-2)32-24(28)19-11-8-12-20(15-19)33(29,30)25-16-18-9-4-3-5-10-18/h3-15,17,25H,16H2,1-2H3,(H,26,27)/t17-/m1/s1. The number of methoxy groups -OCH3 is 1. The van der Waals surface area contributed by atoms with Crippen LogP contribution < -0.4 is 14.8 Å². The van der Waals surface area contributed by atoms with Crippen molar-refractivity contribution in [2.24, 2.45) is 0 Å². The quantitative estimate of drug-likeness (QED) is 0.466. The number of carbonyl (C=O) groups excluding carboxylic acids is 2. The molecule has 172 valence electrons. The van der Waals surface area contributed by atoms with E-state index >= 15 is 0 Å². The molecule has 0 aromatic heterocycles. The van der Waals surface area contributed by atoms with Crippen molar-refractivity contribution in [3.05, 3.63) is 90.0 Å². The van der Waals surface area contributed by atoms with E-state index in [0.29, 0.717) is 11.4 Å². The number of hydrogen-bond acceptors (Lipinski definition) is 6. The maximum atomic E-state index is 12.6. The number of ether oxygens (including phenoxy) is 2. The Balaban J connectivity index is 1.65. The highest BCUT2D eigenvalue weighted by Crippen LogP contribution is 2.23. The monoisotopic (exact) mass is 468 g/mol. The van der Waals surface area contributed by atoms with E-state index in [1.807, 2.05) is 18.2 Å². The zero-order valence-electron chi connectivity index (χ0n) is 18.1. The molecule has 0 heterocycles. The maximum absolute atomic E-state index is 12.6. The van der Waals surface area contributed by atoms with Crippen molar-refractivity contribution in [1.29, 1.82) is 0 Å². The van der Waals surface area contributed by atoms with E-state index < -0.39 is 28.0 Å². The summed E-state index contributed by atoms with van der Waals surface area (Å²) in [6.07, 6.45) is -1.13. The van der Waals surface area contributed by atoms with Gasteiger partial charge in [0, 0.05) is 6.54 Å². The smallest absolute Gasteiger partial charge is 0.338 e. The van der Waals surface area contributed by atoms with Crippen LogP contribution in [0.4, 0.5) is 5.69 Å². The minimum absolute atomic E-state index is 0.00882. The Morgan fingerprint density at radius 3 is 2.36 bits per heavy atom. The Hall–Kier alpha value is -3.69. The van der Waals surface area contributed by atoms with Crippen molar-refractivity contribution in [2.75, 3.05) is 12.4 Å². The summed E-state index contributed by atoms with van der Waals surface area (Å²) in [6.45, 7) is 1.53. The molecule has 0 unspecified atom stereocenters. The molecule has 0 saturated heterocycles. The van der Waals surface area contributed by atoms with Crippen LogP contribution in [0.15, 0.2) is 83.8 Å². The molecule has 0 spiro atoms. The number of carbonyl (C=O) groups is 2. The van der Waals surface area contributed by atoms with Crippen LogP contribution >= 0.6 is 0 Å². The third-order valence-corrected chi connectivity index (χ3v) is 6.11. The van der Waals surface area contributed by atoms with E-state index in [2.05, 4.69) is 10.0 Å². The fourth-order valence-corrected chi connectivity index (χ4v) is 3.98. The van der Waals surface area contributed by atoms with Gasteiger partial charge in [-0.2, -0.15) is 0 Å². The lowest BCUT2D eigenvalue weighted by atomic mass is 10.2. The van der Waals surface area contributed by atoms with Gasteiger partial charge >= 0.3 is 5.97 Å².